The van der Waals surface area contributed by atoms with Crippen LogP contribution in [-0.2, 0) is 20.9 Å². The van der Waals surface area contributed by atoms with Crippen molar-refractivity contribution in [2.24, 2.45) is 0 Å². The number of carbonyl (C=O) groups excluding carboxylic acids is 3. The van der Waals surface area contributed by atoms with Crippen molar-refractivity contribution in [3.63, 3.8) is 0 Å². The van der Waals surface area contributed by atoms with E-state index in [9.17, 15) is 23.6 Å². The van der Waals surface area contributed by atoms with Crippen LogP contribution in [0.2, 0.25) is 0 Å². The van der Waals surface area contributed by atoms with Gasteiger partial charge in [-0.15, -0.1) is 0 Å². The van der Waals surface area contributed by atoms with E-state index < -0.39 is 23.3 Å². The molecule has 2 aromatic carbocycles. The second-order valence-electron chi connectivity index (χ2n) is 8.11. The summed E-state index contributed by atoms with van der Waals surface area (Å²) >= 11 is 0. The minimum absolute atomic E-state index is 0.0754. The third-order valence-corrected chi connectivity index (χ3v) is 5.81. The van der Waals surface area contributed by atoms with Gasteiger partial charge in [-0.3, -0.25) is 24.5 Å². The number of fused-ring (bicyclic) bond motifs is 2. The molecule has 1 atom stereocenters. The maximum atomic E-state index is 13.5. The monoisotopic (exact) mass is 462 g/mol. The van der Waals surface area contributed by atoms with E-state index in [1.54, 1.807) is 24.3 Å². The van der Waals surface area contributed by atoms with Crippen molar-refractivity contribution in [3.8, 4) is 5.75 Å². The topological polar surface area (TPSA) is 119 Å². The average molecular weight is 462 g/mol. The highest BCUT2D eigenvalue weighted by Gasteiger charge is 2.30. The number of ether oxygens (including phenoxy) is 1. The Hall–Kier alpha value is -4.34. The number of benzene rings is 2. The van der Waals surface area contributed by atoms with Crippen LogP contribution in [0.1, 0.15) is 30.0 Å². The first-order valence-corrected chi connectivity index (χ1v) is 10.6. The van der Waals surface area contributed by atoms with E-state index >= 15 is 0 Å². The number of carbonyl (C=O) groups is 3. The van der Waals surface area contributed by atoms with E-state index in [1.807, 2.05) is 0 Å². The maximum Gasteiger partial charge on any atom is 0.275 e. The lowest BCUT2D eigenvalue weighted by Gasteiger charge is -2.21. The predicted octanol–water partition coefficient (Wildman–Crippen LogP) is 1.61. The van der Waals surface area contributed by atoms with Gasteiger partial charge in [-0.2, -0.15) is 5.10 Å². The molecule has 2 N–H and O–H groups in total. The summed E-state index contributed by atoms with van der Waals surface area (Å²) in [6.45, 7) is 0.268. The highest BCUT2D eigenvalue weighted by atomic mass is 19.1. The molecule has 1 unspecified atom stereocenters. The van der Waals surface area contributed by atoms with Gasteiger partial charge in [0.05, 0.1) is 17.2 Å². The molecule has 0 radical (unpaired) electrons. The minimum atomic E-state index is -0.835. The Labute approximate surface area is 192 Å². The zero-order valence-electron chi connectivity index (χ0n) is 17.8. The fourth-order valence-electron chi connectivity index (χ4n) is 4.04. The molecule has 172 valence electrons. The van der Waals surface area contributed by atoms with Crippen molar-refractivity contribution in [1.82, 2.24) is 20.4 Å². The minimum Gasteiger partial charge on any atom is -0.488 e. The first-order valence-electron chi connectivity index (χ1n) is 10.6. The molecule has 34 heavy (non-hydrogen) atoms. The van der Waals surface area contributed by atoms with E-state index in [2.05, 4.69) is 15.7 Å². The van der Waals surface area contributed by atoms with E-state index in [0.29, 0.717) is 27.7 Å². The van der Waals surface area contributed by atoms with E-state index in [1.165, 1.54) is 24.4 Å². The van der Waals surface area contributed by atoms with Crippen molar-refractivity contribution < 1.29 is 23.5 Å². The maximum absolute atomic E-state index is 13.5. The number of piperidine rings is 1. The third-order valence-electron chi connectivity index (χ3n) is 5.81. The molecular weight excluding hydrogens is 443 g/mol. The Morgan fingerprint density at radius 3 is 2.88 bits per heavy atom. The van der Waals surface area contributed by atoms with Crippen LogP contribution in [0.25, 0.3) is 16.8 Å². The second kappa shape index (κ2) is 8.54. The van der Waals surface area contributed by atoms with Crippen molar-refractivity contribution in [1.29, 1.82) is 0 Å². The molecule has 2 aliphatic heterocycles. The van der Waals surface area contributed by atoms with Gasteiger partial charge < -0.3 is 10.1 Å². The smallest absolute Gasteiger partial charge is 0.275 e. The average Bonchev–Trinajstić information content (AvgIpc) is 2.83. The van der Waals surface area contributed by atoms with Crippen LogP contribution < -0.4 is 20.9 Å². The first kappa shape index (κ1) is 21.5. The fraction of sp³-hybridized carbons (Fsp3) is 0.208. The zero-order chi connectivity index (χ0) is 23.8. The predicted molar refractivity (Wildman–Crippen MR) is 119 cm³/mol. The molecule has 3 amide bonds. The highest BCUT2D eigenvalue weighted by Crippen LogP contribution is 2.27. The number of hydrogen-bond donors (Lipinski definition) is 2. The molecule has 2 aliphatic rings. The summed E-state index contributed by atoms with van der Waals surface area (Å²) in [5.41, 5.74) is 1.18. The van der Waals surface area contributed by atoms with Crippen LogP contribution in [0.15, 0.2) is 53.0 Å². The molecule has 9 nitrogen and oxygen atoms in total. The van der Waals surface area contributed by atoms with Crippen molar-refractivity contribution in [2.75, 3.05) is 6.61 Å². The Morgan fingerprint density at radius 1 is 1.21 bits per heavy atom. The van der Waals surface area contributed by atoms with Gasteiger partial charge in [0.1, 0.15) is 24.2 Å². The number of nitrogens with one attached hydrogen (secondary N) is 2. The number of nitrogens with zero attached hydrogens (tertiary/aromatic N) is 2. The van der Waals surface area contributed by atoms with Crippen LogP contribution >= 0.6 is 0 Å². The standard InChI is InChI=1S/C24H19FN4O5/c25-17-2-5-20-14(9-17)8-16(12-34-20)22(31)26-10-13-1-3-18-15(7-13)11-27-29(24(18)33)19-4-6-21(30)28-23(19)32/h1-3,5,7-9,11,19H,4,6,10,12H2,(H,26,31)(H,28,30,32). The lowest BCUT2D eigenvalue weighted by molar-refractivity contribution is -0.136. The van der Waals surface area contributed by atoms with E-state index in [4.69, 9.17) is 4.74 Å². The van der Waals surface area contributed by atoms with Crippen LogP contribution in [0.3, 0.4) is 0 Å². The summed E-state index contributed by atoms with van der Waals surface area (Å²) in [5, 5.41) is 10.1. The molecular formula is C24H19FN4O5. The summed E-state index contributed by atoms with van der Waals surface area (Å²) < 4.78 is 20.1. The van der Waals surface area contributed by atoms with Crippen LogP contribution in [0, 0.1) is 5.82 Å². The second-order valence-corrected chi connectivity index (χ2v) is 8.11. The summed E-state index contributed by atoms with van der Waals surface area (Å²) in [6, 6.07) is 8.34. The highest BCUT2D eigenvalue weighted by molar-refractivity contribution is 6.00. The number of amides is 3. The molecule has 1 saturated heterocycles. The van der Waals surface area contributed by atoms with Crippen molar-refractivity contribution in [2.45, 2.75) is 25.4 Å². The Bertz CT molecular complexity index is 1450. The van der Waals surface area contributed by atoms with Gasteiger partial charge in [0.25, 0.3) is 17.4 Å². The van der Waals surface area contributed by atoms with Gasteiger partial charge in [0, 0.05) is 23.9 Å². The van der Waals surface area contributed by atoms with Gasteiger partial charge in [-0.25, -0.2) is 9.07 Å². The summed E-state index contributed by atoms with van der Waals surface area (Å²) in [5.74, 6) is -1.16. The van der Waals surface area contributed by atoms with Gasteiger partial charge in [-0.05, 0) is 48.4 Å². The Morgan fingerprint density at radius 2 is 2.06 bits per heavy atom. The number of halogens is 1. The van der Waals surface area contributed by atoms with Gasteiger partial charge >= 0.3 is 0 Å². The quantitative estimate of drug-likeness (QED) is 0.569. The zero-order valence-corrected chi connectivity index (χ0v) is 17.8. The summed E-state index contributed by atoms with van der Waals surface area (Å²) in [6.07, 6.45) is 3.43. The SMILES string of the molecule is O=C1CCC(n2ncc3cc(CNC(=O)C4=Cc5cc(F)ccc5OC4)ccc3c2=O)C(=O)N1. The largest absolute Gasteiger partial charge is 0.488 e. The number of imide groups is 1. The molecule has 0 spiro atoms. The molecule has 10 heteroatoms. The fourth-order valence-corrected chi connectivity index (χ4v) is 4.04. The Balaban J connectivity index is 1.31. The molecule has 0 saturated carbocycles. The molecule has 5 rings (SSSR count). The Kier molecular flexibility index (Phi) is 5.40. The van der Waals surface area contributed by atoms with Gasteiger partial charge in [0.2, 0.25) is 5.91 Å². The number of aromatic nitrogens is 2. The summed E-state index contributed by atoms with van der Waals surface area (Å²) in [4.78, 5) is 48.9. The molecule has 0 aliphatic carbocycles. The third kappa shape index (κ3) is 4.05. The summed E-state index contributed by atoms with van der Waals surface area (Å²) in [7, 11) is 0. The van der Waals surface area contributed by atoms with E-state index in [-0.39, 0.29) is 37.8 Å². The lowest BCUT2D eigenvalue weighted by Crippen LogP contribution is -2.45. The number of hydrogen-bond acceptors (Lipinski definition) is 6. The normalized spacial score (nSPS) is 17.4. The van der Waals surface area contributed by atoms with Gasteiger partial charge in [-0.1, -0.05) is 6.07 Å². The van der Waals surface area contributed by atoms with Crippen LogP contribution in [0.4, 0.5) is 4.39 Å². The van der Waals surface area contributed by atoms with Crippen LogP contribution in [-0.4, -0.2) is 34.1 Å². The van der Waals surface area contributed by atoms with Crippen LogP contribution in [0.5, 0.6) is 5.75 Å². The van der Waals surface area contributed by atoms with Crippen molar-refractivity contribution >= 4 is 34.6 Å². The van der Waals surface area contributed by atoms with Crippen molar-refractivity contribution in [3.05, 3.63) is 75.5 Å². The molecule has 3 heterocycles. The van der Waals surface area contributed by atoms with E-state index in [0.717, 1.165) is 10.2 Å². The molecule has 0 bridgehead atoms. The van der Waals surface area contributed by atoms with Gasteiger partial charge in [0.15, 0.2) is 0 Å². The number of rotatable bonds is 4. The first-order chi connectivity index (χ1) is 16.4. The molecule has 3 aromatic rings. The molecule has 1 aromatic heterocycles. The molecule has 1 fully saturated rings. The lowest BCUT2D eigenvalue weighted by atomic mass is 10.1.